The highest BCUT2D eigenvalue weighted by molar-refractivity contribution is 6.30. The number of rotatable bonds is 11. The molecule has 0 aromatic heterocycles. The van der Waals surface area contributed by atoms with E-state index in [1.54, 1.807) is 12.1 Å². The van der Waals surface area contributed by atoms with Crippen LogP contribution in [0.4, 0.5) is 9.59 Å². The van der Waals surface area contributed by atoms with Gasteiger partial charge in [-0.15, -0.1) is 0 Å². The van der Waals surface area contributed by atoms with Crippen LogP contribution in [0, 0.1) is 18.8 Å². The number of ether oxygens (including phenoxy) is 3. The number of piperidine rings is 1. The summed E-state index contributed by atoms with van der Waals surface area (Å²) in [6.45, 7) is 6.38. The molecule has 2 N–H and O–H groups in total. The maximum Gasteiger partial charge on any atom is 0.406 e. The zero-order valence-electron chi connectivity index (χ0n) is 22.5. The van der Waals surface area contributed by atoms with Gasteiger partial charge in [0, 0.05) is 57.4 Å². The van der Waals surface area contributed by atoms with Crippen LogP contribution in [0.1, 0.15) is 55.8 Å². The summed E-state index contributed by atoms with van der Waals surface area (Å²) in [5.74, 6) is 0.695. The first-order valence-corrected chi connectivity index (χ1v) is 13.8. The van der Waals surface area contributed by atoms with E-state index in [9.17, 15) is 9.59 Å². The van der Waals surface area contributed by atoms with Crippen molar-refractivity contribution in [2.45, 2.75) is 51.6 Å². The maximum atomic E-state index is 13.4. The lowest BCUT2D eigenvalue weighted by Crippen LogP contribution is -2.52. The molecule has 37 heavy (non-hydrogen) atoms. The number of benzene rings is 1. The number of likely N-dealkylation sites (tertiary alicyclic amines) is 1. The highest BCUT2D eigenvalue weighted by Gasteiger charge is 2.33. The van der Waals surface area contributed by atoms with Crippen LogP contribution in [0.25, 0.3) is 0 Å². The van der Waals surface area contributed by atoms with Crippen molar-refractivity contribution in [1.29, 1.82) is 0 Å². The van der Waals surface area contributed by atoms with Gasteiger partial charge >= 0.3 is 12.1 Å². The molecule has 0 bridgehead atoms. The number of amides is 3. The minimum atomic E-state index is -0.489. The van der Waals surface area contributed by atoms with Crippen molar-refractivity contribution in [3.63, 3.8) is 0 Å². The van der Waals surface area contributed by atoms with E-state index in [-0.39, 0.29) is 18.1 Å². The Balaban J connectivity index is 1.63. The summed E-state index contributed by atoms with van der Waals surface area (Å²) in [6, 6.07) is 5.82. The Labute approximate surface area is 226 Å². The molecule has 0 spiro atoms. The van der Waals surface area contributed by atoms with Crippen molar-refractivity contribution in [3.8, 4) is 0 Å². The number of carbonyl (C=O) groups excluding carboxylic acids is 2. The van der Waals surface area contributed by atoms with Crippen LogP contribution in [0.3, 0.4) is 0 Å². The molecule has 2 aliphatic heterocycles. The molecule has 3 rings (SSSR count). The smallest absolute Gasteiger partial charge is 0.406 e. The van der Waals surface area contributed by atoms with Gasteiger partial charge in [0.05, 0.1) is 19.8 Å². The average Bonchev–Trinajstić information content (AvgIpc) is 2.93. The van der Waals surface area contributed by atoms with Gasteiger partial charge in [-0.3, -0.25) is 5.01 Å². The van der Waals surface area contributed by atoms with Gasteiger partial charge in [0.15, 0.2) is 0 Å². The predicted octanol–water partition coefficient (Wildman–Crippen LogP) is 4.54. The van der Waals surface area contributed by atoms with Gasteiger partial charge in [0.1, 0.15) is 0 Å². The number of alkyl carbamates (subject to hydrolysis) is 1. The fourth-order valence-corrected chi connectivity index (χ4v) is 5.47. The van der Waals surface area contributed by atoms with Gasteiger partial charge in [-0.25, -0.2) is 15.0 Å². The first-order valence-electron chi connectivity index (χ1n) is 13.4. The minimum Gasteiger partial charge on any atom is -0.453 e. The van der Waals surface area contributed by atoms with Crippen molar-refractivity contribution in [2.75, 3.05) is 60.2 Å². The van der Waals surface area contributed by atoms with Crippen LogP contribution in [0.2, 0.25) is 5.02 Å². The van der Waals surface area contributed by atoms with E-state index in [0.717, 1.165) is 63.0 Å². The molecule has 2 saturated heterocycles. The van der Waals surface area contributed by atoms with Gasteiger partial charge in [-0.1, -0.05) is 17.7 Å². The molecule has 208 valence electrons. The topological polar surface area (TPSA) is 92.4 Å². The standard InChI is InChI=1S/C27H43ClN4O5/c1-20-10-11-23(28)17-24(20)25(37-16-12-30-26(33)35-3)22-9-5-13-31(18-22)27(34)32(29-2)14-4-7-21-8-6-15-36-19-21/h10-11,17,21-22,25,29H,4-9,12-16,18-19H2,1-3H3,(H,30,33)/t21?,22?,25-/m1/s1. The molecule has 0 saturated carbocycles. The Hall–Kier alpha value is -2.07. The van der Waals surface area contributed by atoms with E-state index in [1.165, 1.54) is 13.5 Å². The Morgan fingerprint density at radius 2 is 2.14 bits per heavy atom. The second-order valence-corrected chi connectivity index (χ2v) is 10.4. The van der Waals surface area contributed by atoms with E-state index < -0.39 is 6.09 Å². The number of methoxy groups -OCH3 is 1. The third-order valence-corrected chi connectivity index (χ3v) is 7.54. The predicted molar refractivity (Wildman–Crippen MR) is 144 cm³/mol. The number of aryl methyl sites for hydroxylation is 1. The second kappa shape index (κ2) is 15.4. The molecule has 1 aromatic carbocycles. The lowest BCUT2D eigenvalue weighted by Gasteiger charge is -2.39. The van der Waals surface area contributed by atoms with Gasteiger partial charge in [0.25, 0.3) is 0 Å². The summed E-state index contributed by atoms with van der Waals surface area (Å²) in [5.41, 5.74) is 5.20. The number of nitrogens with one attached hydrogen (secondary N) is 2. The van der Waals surface area contributed by atoms with Crippen LogP contribution >= 0.6 is 11.6 Å². The van der Waals surface area contributed by atoms with Crippen molar-refractivity contribution >= 4 is 23.7 Å². The summed E-state index contributed by atoms with van der Waals surface area (Å²) in [4.78, 5) is 26.8. The second-order valence-electron chi connectivity index (χ2n) is 9.94. The quantitative estimate of drug-likeness (QED) is 0.317. The zero-order chi connectivity index (χ0) is 26.6. The lowest BCUT2D eigenvalue weighted by atomic mass is 9.86. The number of halogens is 1. The molecule has 3 atom stereocenters. The van der Waals surface area contributed by atoms with Gasteiger partial charge in [-0.05, 0) is 74.6 Å². The normalized spacial score (nSPS) is 20.8. The number of carbonyl (C=O) groups is 2. The minimum absolute atomic E-state index is 0.000943. The molecule has 9 nitrogen and oxygen atoms in total. The number of hydrazine groups is 1. The first kappa shape index (κ1) is 29.5. The summed E-state index contributed by atoms with van der Waals surface area (Å²) in [6.07, 6.45) is 5.44. The van der Waals surface area contributed by atoms with Crippen LogP contribution < -0.4 is 10.7 Å². The molecular weight excluding hydrogens is 496 g/mol. The lowest BCUT2D eigenvalue weighted by molar-refractivity contribution is -0.0118. The number of hydrogen-bond donors (Lipinski definition) is 2. The molecule has 0 radical (unpaired) electrons. The Kier molecular flexibility index (Phi) is 12.2. The largest absolute Gasteiger partial charge is 0.453 e. The number of urea groups is 1. The summed E-state index contributed by atoms with van der Waals surface area (Å²) < 4.78 is 16.6. The van der Waals surface area contributed by atoms with Gasteiger partial charge in [-0.2, -0.15) is 0 Å². The van der Waals surface area contributed by atoms with Gasteiger partial charge in [0.2, 0.25) is 0 Å². The maximum absolute atomic E-state index is 13.4. The zero-order valence-corrected chi connectivity index (χ0v) is 23.2. The van der Waals surface area contributed by atoms with Crippen molar-refractivity contribution in [3.05, 3.63) is 34.3 Å². The van der Waals surface area contributed by atoms with E-state index in [2.05, 4.69) is 15.5 Å². The van der Waals surface area contributed by atoms with E-state index in [4.69, 9.17) is 21.1 Å². The molecule has 0 aliphatic carbocycles. The molecule has 2 aliphatic rings. The summed E-state index contributed by atoms with van der Waals surface area (Å²) in [5, 5.41) is 5.04. The fourth-order valence-electron chi connectivity index (χ4n) is 5.29. The number of nitrogens with zero attached hydrogens (tertiary/aromatic N) is 2. The van der Waals surface area contributed by atoms with Crippen molar-refractivity contribution in [2.24, 2.45) is 11.8 Å². The fraction of sp³-hybridized carbons (Fsp3) is 0.704. The monoisotopic (exact) mass is 538 g/mol. The van der Waals surface area contributed by atoms with Crippen LogP contribution in [0.15, 0.2) is 18.2 Å². The first-order chi connectivity index (χ1) is 17.9. The molecule has 2 unspecified atom stereocenters. The Morgan fingerprint density at radius 1 is 1.30 bits per heavy atom. The third kappa shape index (κ3) is 9.02. The highest BCUT2D eigenvalue weighted by Crippen LogP contribution is 2.36. The van der Waals surface area contributed by atoms with Gasteiger partial charge < -0.3 is 24.4 Å². The summed E-state index contributed by atoms with van der Waals surface area (Å²) >= 11 is 6.35. The molecule has 1 aromatic rings. The Bertz CT molecular complexity index is 867. The van der Waals surface area contributed by atoms with Crippen molar-refractivity contribution < 1.29 is 23.8 Å². The Morgan fingerprint density at radius 3 is 2.86 bits per heavy atom. The molecule has 2 fully saturated rings. The van der Waals surface area contributed by atoms with E-state index in [1.807, 2.05) is 30.0 Å². The van der Waals surface area contributed by atoms with Crippen LogP contribution in [0.5, 0.6) is 0 Å². The molecular formula is C27H43ClN4O5. The highest BCUT2D eigenvalue weighted by atomic mass is 35.5. The summed E-state index contributed by atoms with van der Waals surface area (Å²) in [7, 11) is 3.14. The van der Waals surface area contributed by atoms with E-state index in [0.29, 0.717) is 37.2 Å². The average molecular weight is 539 g/mol. The van der Waals surface area contributed by atoms with Crippen LogP contribution in [-0.4, -0.2) is 82.2 Å². The van der Waals surface area contributed by atoms with Crippen molar-refractivity contribution in [1.82, 2.24) is 20.7 Å². The van der Waals surface area contributed by atoms with Crippen LogP contribution in [-0.2, 0) is 14.2 Å². The molecule has 3 amide bonds. The third-order valence-electron chi connectivity index (χ3n) is 7.31. The molecule has 10 heteroatoms. The van der Waals surface area contributed by atoms with E-state index >= 15 is 0 Å². The number of hydrogen-bond acceptors (Lipinski definition) is 6. The molecule has 2 heterocycles. The SMILES string of the molecule is CNN(CCCC1CCCOC1)C(=O)N1CCCC([C@@H](OCCNC(=O)OC)c2cc(Cl)ccc2C)C1.